The van der Waals surface area contributed by atoms with E-state index in [0.29, 0.717) is 5.78 Å². The fourth-order valence-corrected chi connectivity index (χ4v) is 3.54. The number of ketones is 1. The van der Waals surface area contributed by atoms with Crippen LogP contribution in [0.1, 0.15) is 40.7 Å². The summed E-state index contributed by atoms with van der Waals surface area (Å²) in [7, 11) is 0. The van der Waals surface area contributed by atoms with Crippen LogP contribution in [0.4, 0.5) is 0 Å². The van der Waals surface area contributed by atoms with Crippen molar-refractivity contribution < 1.29 is 9.53 Å². The van der Waals surface area contributed by atoms with Gasteiger partial charge in [0.15, 0.2) is 5.78 Å². The number of rotatable bonds is 7. The lowest BCUT2D eigenvalue weighted by molar-refractivity contribution is 0.0835. The zero-order valence-corrected chi connectivity index (χ0v) is 15.9. The van der Waals surface area contributed by atoms with Gasteiger partial charge in [0.25, 0.3) is 0 Å². The Bertz CT molecular complexity index is 718. The first-order valence-electron chi connectivity index (χ1n) is 9.65. The van der Waals surface area contributed by atoms with Gasteiger partial charge >= 0.3 is 0 Å². The van der Waals surface area contributed by atoms with Gasteiger partial charge in [-0.25, -0.2) is 0 Å². The number of likely N-dealkylation sites (tertiary alicyclic amines) is 1. The number of nitrogens with zero attached hydrogens (tertiary/aromatic N) is 1. The highest BCUT2D eigenvalue weighted by atomic mass is 16.5. The third-order valence-corrected chi connectivity index (χ3v) is 5.38. The second-order valence-corrected chi connectivity index (χ2v) is 7.29. The lowest BCUT2D eigenvalue weighted by atomic mass is 9.89. The normalized spacial score (nSPS) is 15.8. The predicted octanol–water partition coefficient (Wildman–Crippen LogP) is 4.67. The van der Waals surface area contributed by atoms with Gasteiger partial charge < -0.3 is 9.64 Å². The molecule has 138 valence electrons. The Hall–Kier alpha value is -2.13. The number of hydrogen-bond donors (Lipinski definition) is 0. The number of ether oxygens (including phenoxy) is 1. The number of benzene rings is 2. The summed E-state index contributed by atoms with van der Waals surface area (Å²) >= 11 is 0. The van der Waals surface area contributed by atoms with Crippen LogP contribution in [0.25, 0.3) is 0 Å². The smallest absolute Gasteiger partial charge is 0.166 e. The van der Waals surface area contributed by atoms with E-state index in [4.69, 9.17) is 4.74 Å². The van der Waals surface area contributed by atoms with Gasteiger partial charge in [0.05, 0.1) is 6.61 Å². The molecule has 2 aromatic rings. The molecule has 26 heavy (non-hydrogen) atoms. The molecule has 1 heterocycles. The van der Waals surface area contributed by atoms with Gasteiger partial charge in [-0.1, -0.05) is 36.4 Å². The van der Waals surface area contributed by atoms with Crippen molar-refractivity contribution in [2.24, 2.45) is 5.92 Å². The van der Waals surface area contributed by atoms with E-state index >= 15 is 0 Å². The topological polar surface area (TPSA) is 29.5 Å². The highest BCUT2D eigenvalue weighted by molar-refractivity contribution is 5.97. The van der Waals surface area contributed by atoms with Gasteiger partial charge in [-0.05, 0) is 69.5 Å². The van der Waals surface area contributed by atoms with Gasteiger partial charge in [-0.15, -0.1) is 0 Å². The number of hydrogen-bond acceptors (Lipinski definition) is 3. The maximum atomic E-state index is 12.5. The molecule has 0 N–H and O–H groups in total. The lowest BCUT2D eigenvalue weighted by Crippen LogP contribution is -2.37. The average molecular weight is 351 g/mol. The first-order chi connectivity index (χ1) is 12.6. The molecule has 2 aromatic carbocycles. The third-order valence-electron chi connectivity index (χ3n) is 5.38. The Labute approximate surface area is 157 Å². The maximum absolute atomic E-state index is 12.5. The average Bonchev–Trinajstić information content (AvgIpc) is 2.68. The summed E-state index contributed by atoms with van der Waals surface area (Å²) in [5.41, 5.74) is 3.42. The molecule has 0 radical (unpaired) electrons. The van der Waals surface area contributed by atoms with Gasteiger partial charge in [0, 0.05) is 18.0 Å². The molecule has 0 spiro atoms. The molecule has 1 aliphatic heterocycles. The van der Waals surface area contributed by atoms with E-state index in [-0.39, 0.29) is 5.92 Å². The lowest BCUT2D eigenvalue weighted by Gasteiger charge is -2.31. The molecule has 3 rings (SSSR count). The summed E-state index contributed by atoms with van der Waals surface area (Å²) in [5, 5.41) is 0. The Kier molecular flexibility index (Phi) is 6.45. The molecule has 3 heteroatoms. The molecule has 0 amide bonds. The molecule has 3 nitrogen and oxygen atoms in total. The molecular weight excluding hydrogens is 322 g/mol. The van der Waals surface area contributed by atoms with E-state index in [1.54, 1.807) is 0 Å². The van der Waals surface area contributed by atoms with Crippen LogP contribution in [0.5, 0.6) is 5.75 Å². The zero-order chi connectivity index (χ0) is 18.4. The molecular formula is C23H29NO2. The second kappa shape index (κ2) is 9.00. The SMILES string of the molecule is Cc1ccc(OCCCN2CCC(C(=O)c3ccccc3)CC2)cc1C. The summed E-state index contributed by atoms with van der Waals surface area (Å²) in [5.74, 6) is 1.45. The Morgan fingerprint density at radius 2 is 1.77 bits per heavy atom. The number of Topliss-reactive ketones (excluding diaryl/α,β-unsaturated/α-hetero) is 1. The van der Waals surface area contributed by atoms with Crippen LogP contribution in [0.2, 0.25) is 0 Å². The standard InChI is InChI=1S/C23H29NO2/c1-18-9-10-22(17-19(18)2)26-16-6-13-24-14-11-21(12-15-24)23(25)20-7-4-3-5-8-20/h3-5,7-10,17,21H,6,11-16H2,1-2H3. The van der Waals surface area contributed by atoms with E-state index in [1.807, 2.05) is 36.4 Å². The molecule has 1 fully saturated rings. The van der Waals surface area contributed by atoms with Gasteiger partial charge in [0.2, 0.25) is 0 Å². The monoisotopic (exact) mass is 351 g/mol. The van der Waals surface area contributed by atoms with Gasteiger partial charge in [-0.2, -0.15) is 0 Å². The van der Waals surface area contributed by atoms with Crippen LogP contribution in [0, 0.1) is 19.8 Å². The number of carbonyl (C=O) groups is 1. The maximum Gasteiger partial charge on any atom is 0.166 e. The molecule has 0 aromatic heterocycles. The second-order valence-electron chi connectivity index (χ2n) is 7.29. The van der Waals surface area contributed by atoms with Crippen molar-refractivity contribution in [1.29, 1.82) is 0 Å². The minimum atomic E-state index is 0.181. The van der Waals surface area contributed by atoms with Crippen molar-refractivity contribution in [2.75, 3.05) is 26.2 Å². The Morgan fingerprint density at radius 3 is 2.46 bits per heavy atom. The fraction of sp³-hybridized carbons (Fsp3) is 0.435. The van der Waals surface area contributed by atoms with Crippen molar-refractivity contribution in [3.8, 4) is 5.75 Å². The molecule has 0 bridgehead atoms. The Morgan fingerprint density at radius 1 is 1.04 bits per heavy atom. The summed E-state index contributed by atoms with van der Waals surface area (Å²) < 4.78 is 5.87. The summed E-state index contributed by atoms with van der Waals surface area (Å²) in [6, 6.07) is 16.0. The number of piperidine rings is 1. The number of aryl methyl sites for hydroxylation is 2. The zero-order valence-electron chi connectivity index (χ0n) is 15.9. The quantitative estimate of drug-likeness (QED) is 0.536. The fourth-order valence-electron chi connectivity index (χ4n) is 3.54. The van der Waals surface area contributed by atoms with Crippen LogP contribution in [-0.2, 0) is 0 Å². The van der Waals surface area contributed by atoms with E-state index in [0.717, 1.165) is 56.8 Å². The van der Waals surface area contributed by atoms with Crippen molar-refractivity contribution in [3.63, 3.8) is 0 Å². The van der Waals surface area contributed by atoms with Crippen molar-refractivity contribution in [2.45, 2.75) is 33.1 Å². The molecule has 1 saturated heterocycles. The first kappa shape index (κ1) is 18.7. The van der Waals surface area contributed by atoms with Gasteiger partial charge in [0.1, 0.15) is 5.75 Å². The molecule has 0 unspecified atom stereocenters. The predicted molar refractivity (Wildman–Crippen MR) is 106 cm³/mol. The molecule has 0 aliphatic carbocycles. The summed E-state index contributed by atoms with van der Waals surface area (Å²) in [6.45, 7) is 8.02. The Balaban J connectivity index is 1.36. The van der Waals surface area contributed by atoms with Crippen molar-refractivity contribution >= 4 is 5.78 Å². The van der Waals surface area contributed by atoms with E-state index in [1.165, 1.54) is 11.1 Å². The van der Waals surface area contributed by atoms with Gasteiger partial charge in [-0.3, -0.25) is 4.79 Å². The van der Waals surface area contributed by atoms with Crippen LogP contribution >= 0.6 is 0 Å². The minimum Gasteiger partial charge on any atom is -0.494 e. The highest BCUT2D eigenvalue weighted by Crippen LogP contribution is 2.22. The first-order valence-corrected chi connectivity index (χ1v) is 9.65. The summed E-state index contributed by atoms with van der Waals surface area (Å²) in [4.78, 5) is 15.0. The third kappa shape index (κ3) is 4.95. The molecule has 0 saturated carbocycles. The van der Waals surface area contributed by atoms with E-state index in [2.05, 4.69) is 30.9 Å². The minimum absolute atomic E-state index is 0.181. The number of carbonyl (C=O) groups excluding carboxylic acids is 1. The van der Waals surface area contributed by atoms with Crippen LogP contribution in [0.3, 0.4) is 0 Å². The van der Waals surface area contributed by atoms with Crippen molar-refractivity contribution in [3.05, 3.63) is 65.2 Å². The van der Waals surface area contributed by atoms with Crippen LogP contribution in [-0.4, -0.2) is 36.9 Å². The van der Waals surface area contributed by atoms with E-state index < -0.39 is 0 Å². The largest absolute Gasteiger partial charge is 0.494 e. The van der Waals surface area contributed by atoms with E-state index in [9.17, 15) is 4.79 Å². The van der Waals surface area contributed by atoms with Crippen LogP contribution < -0.4 is 4.74 Å². The summed E-state index contributed by atoms with van der Waals surface area (Å²) in [6.07, 6.45) is 2.95. The molecule has 0 atom stereocenters. The van der Waals surface area contributed by atoms with Crippen LogP contribution in [0.15, 0.2) is 48.5 Å². The highest BCUT2D eigenvalue weighted by Gasteiger charge is 2.25. The molecule has 1 aliphatic rings. The van der Waals surface area contributed by atoms with Crippen molar-refractivity contribution in [1.82, 2.24) is 4.90 Å².